The van der Waals surface area contributed by atoms with Crippen molar-refractivity contribution >= 4 is 16.7 Å². The normalized spacial score (nSPS) is 17.3. The van der Waals surface area contributed by atoms with Crippen molar-refractivity contribution in [2.75, 3.05) is 19.0 Å². The summed E-state index contributed by atoms with van der Waals surface area (Å²) in [6.07, 6.45) is 1.04. The van der Waals surface area contributed by atoms with Crippen LogP contribution in [-0.2, 0) is 0 Å². The Labute approximate surface area is 123 Å². The average Bonchev–Trinajstić information content (AvgIpc) is 2.93. The summed E-state index contributed by atoms with van der Waals surface area (Å²) in [5.41, 5.74) is 2.31. The van der Waals surface area contributed by atoms with Gasteiger partial charge in [0.2, 0.25) is 0 Å². The van der Waals surface area contributed by atoms with Crippen LogP contribution in [-0.4, -0.2) is 23.4 Å². The molecular formula is C17H17N3O. The number of fused-ring (bicyclic) bond motifs is 3. The molecule has 106 valence electrons. The highest BCUT2D eigenvalue weighted by Gasteiger charge is 2.24. The van der Waals surface area contributed by atoms with Gasteiger partial charge in [-0.15, -0.1) is 0 Å². The first-order valence-electron chi connectivity index (χ1n) is 7.22. The van der Waals surface area contributed by atoms with E-state index >= 15 is 0 Å². The maximum absolute atomic E-state index is 5.33. The molecule has 3 aromatic rings. The zero-order valence-corrected chi connectivity index (χ0v) is 11.9. The second-order valence-electron chi connectivity index (χ2n) is 5.32. The van der Waals surface area contributed by atoms with Gasteiger partial charge in [-0.2, -0.15) is 5.10 Å². The van der Waals surface area contributed by atoms with Crippen LogP contribution >= 0.6 is 0 Å². The van der Waals surface area contributed by atoms with Gasteiger partial charge in [0.05, 0.1) is 18.7 Å². The molecule has 1 aromatic heterocycles. The number of anilines is 1. The fraction of sp³-hybridized carbons (Fsp3) is 0.235. The predicted octanol–water partition coefficient (Wildman–Crippen LogP) is 3.45. The molecule has 0 fully saturated rings. The SMILES string of the molecule is COc1ccc2nn3c(c2c1)NCCC3c1ccccc1. The molecule has 0 aliphatic carbocycles. The zero-order valence-electron chi connectivity index (χ0n) is 11.9. The van der Waals surface area contributed by atoms with Crippen molar-refractivity contribution < 1.29 is 4.74 Å². The Morgan fingerprint density at radius 2 is 2.05 bits per heavy atom. The third-order valence-corrected chi connectivity index (χ3v) is 4.09. The van der Waals surface area contributed by atoms with E-state index < -0.39 is 0 Å². The summed E-state index contributed by atoms with van der Waals surface area (Å²) < 4.78 is 7.44. The van der Waals surface area contributed by atoms with E-state index in [-0.39, 0.29) is 0 Å². The molecule has 0 radical (unpaired) electrons. The molecule has 4 rings (SSSR count). The van der Waals surface area contributed by atoms with Gasteiger partial charge in [-0.3, -0.25) is 0 Å². The minimum absolute atomic E-state index is 0.292. The third-order valence-electron chi connectivity index (χ3n) is 4.09. The number of ether oxygens (including phenoxy) is 1. The molecular weight excluding hydrogens is 262 g/mol. The van der Waals surface area contributed by atoms with Crippen molar-refractivity contribution in [3.63, 3.8) is 0 Å². The smallest absolute Gasteiger partial charge is 0.133 e. The van der Waals surface area contributed by atoms with Crippen LogP contribution in [0.2, 0.25) is 0 Å². The number of benzene rings is 2. The van der Waals surface area contributed by atoms with E-state index in [0.29, 0.717) is 6.04 Å². The quantitative estimate of drug-likeness (QED) is 0.781. The largest absolute Gasteiger partial charge is 0.497 e. The lowest BCUT2D eigenvalue weighted by atomic mass is 10.0. The molecule has 0 saturated carbocycles. The van der Waals surface area contributed by atoms with Gasteiger partial charge in [0, 0.05) is 11.9 Å². The predicted molar refractivity (Wildman–Crippen MR) is 84.0 cm³/mol. The summed E-state index contributed by atoms with van der Waals surface area (Å²) in [4.78, 5) is 0. The number of rotatable bonds is 2. The van der Waals surface area contributed by atoms with Crippen LogP contribution in [0.3, 0.4) is 0 Å². The molecule has 2 aromatic carbocycles. The van der Waals surface area contributed by atoms with Gasteiger partial charge < -0.3 is 10.1 Å². The van der Waals surface area contributed by atoms with Gasteiger partial charge in [-0.1, -0.05) is 30.3 Å². The Hall–Kier alpha value is -2.49. The third kappa shape index (κ3) is 1.95. The summed E-state index contributed by atoms with van der Waals surface area (Å²) in [6.45, 7) is 0.956. The molecule has 21 heavy (non-hydrogen) atoms. The number of methoxy groups -OCH3 is 1. The highest BCUT2D eigenvalue weighted by atomic mass is 16.5. The molecule has 4 nitrogen and oxygen atoms in total. The van der Waals surface area contributed by atoms with E-state index in [2.05, 4.69) is 46.4 Å². The molecule has 0 spiro atoms. The van der Waals surface area contributed by atoms with Crippen LogP contribution in [0.4, 0.5) is 5.82 Å². The van der Waals surface area contributed by atoms with E-state index in [0.717, 1.165) is 35.4 Å². The molecule has 1 unspecified atom stereocenters. The number of nitrogens with zero attached hydrogens (tertiary/aromatic N) is 2. The molecule has 1 atom stereocenters. The van der Waals surface area contributed by atoms with E-state index in [1.165, 1.54) is 5.56 Å². The summed E-state index contributed by atoms with van der Waals surface area (Å²) >= 11 is 0. The first-order valence-corrected chi connectivity index (χ1v) is 7.22. The van der Waals surface area contributed by atoms with Gasteiger partial charge >= 0.3 is 0 Å². The Kier molecular flexibility index (Phi) is 2.81. The lowest BCUT2D eigenvalue weighted by molar-refractivity contribution is 0.415. The summed E-state index contributed by atoms with van der Waals surface area (Å²) in [5, 5.41) is 9.39. The van der Waals surface area contributed by atoms with Crippen LogP contribution in [0.15, 0.2) is 48.5 Å². The topological polar surface area (TPSA) is 39.1 Å². The number of nitrogens with one attached hydrogen (secondary N) is 1. The molecule has 0 saturated heterocycles. The van der Waals surface area contributed by atoms with Crippen molar-refractivity contribution in [1.82, 2.24) is 9.78 Å². The summed E-state index contributed by atoms with van der Waals surface area (Å²) in [7, 11) is 1.69. The maximum Gasteiger partial charge on any atom is 0.133 e. The Balaban J connectivity index is 1.88. The molecule has 1 aliphatic rings. The Bertz CT molecular complexity index is 779. The number of hydrogen-bond donors (Lipinski definition) is 1. The fourth-order valence-corrected chi connectivity index (χ4v) is 3.04. The Morgan fingerprint density at radius 3 is 2.86 bits per heavy atom. The van der Waals surface area contributed by atoms with Crippen molar-refractivity contribution in [1.29, 1.82) is 0 Å². The molecule has 1 N–H and O–H groups in total. The Morgan fingerprint density at radius 1 is 1.19 bits per heavy atom. The van der Waals surface area contributed by atoms with Crippen molar-refractivity contribution in [3.8, 4) is 5.75 Å². The van der Waals surface area contributed by atoms with Gasteiger partial charge in [-0.25, -0.2) is 4.68 Å². The van der Waals surface area contributed by atoms with Crippen molar-refractivity contribution in [2.45, 2.75) is 12.5 Å². The van der Waals surface area contributed by atoms with Gasteiger partial charge in [0.15, 0.2) is 0 Å². The number of hydrogen-bond acceptors (Lipinski definition) is 3. The summed E-state index contributed by atoms with van der Waals surface area (Å²) in [5.74, 6) is 1.95. The maximum atomic E-state index is 5.33. The average molecular weight is 279 g/mol. The van der Waals surface area contributed by atoms with Crippen molar-refractivity contribution in [2.24, 2.45) is 0 Å². The number of aromatic nitrogens is 2. The van der Waals surface area contributed by atoms with E-state index in [1.54, 1.807) is 7.11 Å². The fourth-order valence-electron chi connectivity index (χ4n) is 3.04. The zero-order chi connectivity index (χ0) is 14.2. The summed E-state index contributed by atoms with van der Waals surface area (Å²) in [6, 6.07) is 16.9. The van der Waals surface area contributed by atoms with E-state index in [9.17, 15) is 0 Å². The molecule has 1 aliphatic heterocycles. The minimum Gasteiger partial charge on any atom is -0.497 e. The van der Waals surface area contributed by atoms with Crippen LogP contribution in [0, 0.1) is 0 Å². The lowest BCUT2D eigenvalue weighted by Crippen LogP contribution is -2.24. The highest BCUT2D eigenvalue weighted by molar-refractivity contribution is 5.91. The second-order valence-corrected chi connectivity index (χ2v) is 5.32. The molecule has 0 amide bonds. The van der Waals surface area contributed by atoms with Crippen molar-refractivity contribution in [3.05, 3.63) is 54.1 Å². The lowest BCUT2D eigenvalue weighted by Gasteiger charge is -2.26. The second kappa shape index (κ2) is 4.81. The van der Waals surface area contributed by atoms with Gasteiger partial charge in [-0.05, 0) is 30.2 Å². The van der Waals surface area contributed by atoms with Crippen LogP contribution < -0.4 is 10.1 Å². The first kappa shape index (κ1) is 12.3. The van der Waals surface area contributed by atoms with Gasteiger partial charge in [0.1, 0.15) is 11.6 Å². The molecule has 4 heteroatoms. The van der Waals surface area contributed by atoms with Crippen LogP contribution in [0.25, 0.3) is 10.9 Å². The monoisotopic (exact) mass is 279 g/mol. The van der Waals surface area contributed by atoms with E-state index in [1.807, 2.05) is 12.1 Å². The minimum atomic E-state index is 0.292. The van der Waals surface area contributed by atoms with Crippen LogP contribution in [0.5, 0.6) is 5.75 Å². The molecule has 0 bridgehead atoms. The van der Waals surface area contributed by atoms with Gasteiger partial charge in [0.25, 0.3) is 0 Å². The first-order chi connectivity index (χ1) is 10.4. The van der Waals surface area contributed by atoms with E-state index in [4.69, 9.17) is 9.84 Å². The van der Waals surface area contributed by atoms with Crippen LogP contribution in [0.1, 0.15) is 18.0 Å². The highest BCUT2D eigenvalue weighted by Crippen LogP contribution is 2.35. The molecule has 2 heterocycles. The standard InChI is InChI=1S/C17H17N3O/c1-21-13-7-8-15-14(11-13)17-18-10-9-16(20(17)19-15)12-5-3-2-4-6-12/h2-8,11,16,18H,9-10H2,1H3.